The van der Waals surface area contributed by atoms with Gasteiger partial charge < -0.3 is 9.47 Å². The van der Waals surface area contributed by atoms with Crippen LogP contribution in [-0.4, -0.2) is 39.8 Å². The van der Waals surface area contributed by atoms with Crippen LogP contribution in [0.2, 0.25) is 0 Å². The van der Waals surface area contributed by atoms with Crippen LogP contribution in [0, 0.1) is 13.8 Å². The van der Waals surface area contributed by atoms with Crippen LogP contribution in [-0.2, 0) is 11.3 Å². The second-order valence-electron chi connectivity index (χ2n) is 6.38. The molecule has 1 aromatic heterocycles. The summed E-state index contributed by atoms with van der Waals surface area (Å²) in [7, 11) is 0. The zero-order chi connectivity index (χ0) is 17.6. The highest BCUT2D eigenvalue weighted by molar-refractivity contribution is 7.99. The van der Waals surface area contributed by atoms with E-state index in [-0.39, 0.29) is 11.8 Å². The van der Waals surface area contributed by atoms with Crippen molar-refractivity contribution in [2.45, 2.75) is 50.9 Å². The van der Waals surface area contributed by atoms with E-state index < -0.39 is 0 Å². The van der Waals surface area contributed by atoms with E-state index in [1.54, 1.807) is 16.3 Å². The van der Waals surface area contributed by atoms with E-state index in [2.05, 4.69) is 42.2 Å². The highest BCUT2D eigenvalue weighted by Gasteiger charge is 2.19. The summed E-state index contributed by atoms with van der Waals surface area (Å²) in [6.45, 7) is 6.13. The van der Waals surface area contributed by atoms with Crippen molar-refractivity contribution < 1.29 is 9.47 Å². The molecule has 1 saturated heterocycles. The molecule has 1 fully saturated rings. The average Bonchev–Trinajstić information content (AvgIpc) is 3.22. The van der Waals surface area contributed by atoms with E-state index in [4.69, 9.17) is 9.47 Å². The SMILES string of the molecule is Cc1ccc(C)c(OCCCSc2n[nH]c(=O)n2CC2CCCO2)c1. The molecule has 25 heavy (non-hydrogen) atoms. The van der Waals surface area contributed by atoms with Crippen molar-refractivity contribution in [2.75, 3.05) is 19.0 Å². The Morgan fingerprint density at radius 1 is 1.44 bits per heavy atom. The van der Waals surface area contributed by atoms with Crippen LogP contribution in [0.5, 0.6) is 5.75 Å². The van der Waals surface area contributed by atoms with Gasteiger partial charge in [0.2, 0.25) is 0 Å². The number of hydrogen-bond donors (Lipinski definition) is 1. The number of benzene rings is 1. The van der Waals surface area contributed by atoms with Gasteiger partial charge in [-0.2, -0.15) is 0 Å². The fraction of sp³-hybridized carbons (Fsp3) is 0.556. The second kappa shape index (κ2) is 8.58. The van der Waals surface area contributed by atoms with E-state index in [0.717, 1.165) is 48.1 Å². The van der Waals surface area contributed by atoms with Crippen LogP contribution in [0.1, 0.15) is 30.4 Å². The number of nitrogens with one attached hydrogen (secondary N) is 1. The van der Waals surface area contributed by atoms with Gasteiger partial charge in [0.05, 0.1) is 19.3 Å². The van der Waals surface area contributed by atoms with Crippen molar-refractivity contribution in [1.29, 1.82) is 0 Å². The molecule has 1 aliphatic heterocycles. The van der Waals surface area contributed by atoms with Gasteiger partial charge in [-0.25, -0.2) is 9.89 Å². The number of aryl methyl sites for hydroxylation is 2. The van der Waals surface area contributed by atoms with E-state index in [1.807, 2.05) is 0 Å². The zero-order valence-electron chi connectivity index (χ0n) is 14.8. The van der Waals surface area contributed by atoms with Crippen molar-refractivity contribution in [3.8, 4) is 5.75 Å². The maximum atomic E-state index is 11.9. The topological polar surface area (TPSA) is 69.1 Å². The lowest BCUT2D eigenvalue weighted by Gasteiger charge is -2.11. The number of rotatable bonds is 8. The monoisotopic (exact) mass is 363 g/mol. The second-order valence-corrected chi connectivity index (χ2v) is 7.44. The maximum Gasteiger partial charge on any atom is 0.344 e. The third-order valence-electron chi connectivity index (χ3n) is 4.25. The van der Waals surface area contributed by atoms with Gasteiger partial charge in [-0.1, -0.05) is 23.9 Å². The van der Waals surface area contributed by atoms with Crippen molar-refractivity contribution in [2.24, 2.45) is 0 Å². The van der Waals surface area contributed by atoms with Gasteiger partial charge in [-0.3, -0.25) is 4.57 Å². The summed E-state index contributed by atoms with van der Waals surface area (Å²) in [5.74, 6) is 1.79. The number of hydrogen-bond acceptors (Lipinski definition) is 5. The van der Waals surface area contributed by atoms with Crippen molar-refractivity contribution in [1.82, 2.24) is 14.8 Å². The zero-order valence-corrected chi connectivity index (χ0v) is 15.6. The van der Waals surface area contributed by atoms with Crippen molar-refractivity contribution in [3.63, 3.8) is 0 Å². The van der Waals surface area contributed by atoms with Gasteiger partial charge in [0.25, 0.3) is 0 Å². The molecule has 0 radical (unpaired) electrons. The van der Waals surface area contributed by atoms with Crippen LogP contribution in [0.3, 0.4) is 0 Å². The molecule has 0 bridgehead atoms. The number of aromatic nitrogens is 3. The van der Waals surface area contributed by atoms with Gasteiger partial charge in [0.15, 0.2) is 5.16 Å². The largest absolute Gasteiger partial charge is 0.493 e. The molecule has 7 heteroatoms. The minimum absolute atomic E-state index is 0.127. The lowest BCUT2D eigenvalue weighted by molar-refractivity contribution is 0.0941. The minimum atomic E-state index is -0.162. The lowest BCUT2D eigenvalue weighted by Crippen LogP contribution is -2.25. The number of ether oxygens (including phenoxy) is 2. The van der Waals surface area contributed by atoms with Gasteiger partial charge in [0.1, 0.15) is 5.75 Å². The molecule has 1 aliphatic rings. The Bertz CT molecular complexity index is 750. The summed E-state index contributed by atoms with van der Waals surface area (Å²) in [4.78, 5) is 11.9. The van der Waals surface area contributed by atoms with Crippen LogP contribution in [0.25, 0.3) is 0 Å². The normalized spacial score (nSPS) is 17.1. The molecular formula is C18H25N3O3S. The Hall–Kier alpha value is -1.73. The van der Waals surface area contributed by atoms with E-state index in [1.165, 1.54) is 5.56 Å². The molecule has 3 rings (SSSR count). The smallest absolute Gasteiger partial charge is 0.344 e. The molecule has 1 atom stereocenters. The summed E-state index contributed by atoms with van der Waals surface area (Å²) < 4.78 is 13.2. The van der Waals surface area contributed by atoms with E-state index >= 15 is 0 Å². The third-order valence-corrected chi connectivity index (χ3v) is 5.32. The number of H-pyrrole nitrogens is 1. The Labute approximate surface area is 151 Å². The van der Waals surface area contributed by atoms with Gasteiger partial charge in [-0.15, -0.1) is 5.10 Å². The summed E-state index contributed by atoms with van der Waals surface area (Å²) in [6, 6.07) is 6.23. The summed E-state index contributed by atoms with van der Waals surface area (Å²) in [5.41, 5.74) is 2.19. The minimum Gasteiger partial charge on any atom is -0.493 e. The number of thioether (sulfide) groups is 1. The van der Waals surface area contributed by atoms with Crippen LogP contribution in [0.15, 0.2) is 28.2 Å². The number of nitrogens with zero attached hydrogens (tertiary/aromatic N) is 2. The van der Waals surface area contributed by atoms with Crippen molar-refractivity contribution >= 4 is 11.8 Å². The first-order valence-electron chi connectivity index (χ1n) is 8.73. The summed E-state index contributed by atoms with van der Waals surface area (Å²) in [5, 5.41) is 7.40. The van der Waals surface area contributed by atoms with Crippen LogP contribution >= 0.6 is 11.8 Å². The molecule has 1 unspecified atom stereocenters. The molecule has 0 aliphatic carbocycles. The predicted molar refractivity (Wildman–Crippen MR) is 98.6 cm³/mol. The van der Waals surface area contributed by atoms with Crippen LogP contribution < -0.4 is 10.4 Å². The molecule has 0 saturated carbocycles. The first kappa shape index (κ1) is 18.1. The Kier molecular flexibility index (Phi) is 6.20. The molecule has 2 aromatic rings. The highest BCUT2D eigenvalue weighted by atomic mass is 32.2. The Morgan fingerprint density at radius 2 is 2.32 bits per heavy atom. The van der Waals surface area contributed by atoms with Gasteiger partial charge in [0, 0.05) is 12.4 Å². The fourth-order valence-corrected chi connectivity index (χ4v) is 3.70. The maximum absolute atomic E-state index is 11.9. The average molecular weight is 363 g/mol. The van der Waals surface area contributed by atoms with E-state index in [9.17, 15) is 4.79 Å². The third kappa shape index (κ3) is 4.89. The molecule has 0 amide bonds. The standard InChI is InChI=1S/C18H25N3O3S/c1-13-6-7-14(2)16(11-13)24-9-4-10-25-18-20-19-17(22)21(18)12-15-5-3-8-23-15/h6-7,11,15H,3-5,8-10,12H2,1-2H3,(H,19,22). The van der Waals surface area contributed by atoms with Gasteiger partial charge in [-0.05, 0) is 50.3 Å². The molecule has 6 nitrogen and oxygen atoms in total. The number of aromatic amines is 1. The lowest BCUT2D eigenvalue weighted by atomic mass is 10.1. The first-order chi connectivity index (χ1) is 12.1. The Balaban J connectivity index is 1.46. The first-order valence-corrected chi connectivity index (χ1v) is 9.71. The quantitative estimate of drug-likeness (QED) is 0.577. The summed E-state index contributed by atoms with van der Waals surface area (Å²) >= 11 is 1.58. The van der Waals surface area contributed by atoms with E-state index in [0.29, 0.717) is 13.2 Å². The molecule has 0 spiro atoms. The fourth-order valence-electron chi connectivity index (χ4n) is 2.83. The van der Waals surface area contributed by atoms with Crippen LogP contribution in [0.4, 0.5) is 0 Å². The van der Waals surface area contributed by atoms with Crippen molar-refractivity contribution in [3.05, 3.63) is 39.8 Å². The molecule has 1 N–H and O–H groups in total. The highest BCUT2D eigenvalue weighted by Crippen LogP contribution is 2.21. The molecule has 2 heterocycles. The van der Waals surface area contributed by atoms with Gasteiger partial charge >= 0.3 is 5.69 Å². The Morgan fingerprint density at radius 3 is 3.12 bits per heavy atom. The molecule has 136 valence electrons. The molecular weight excluding hydrogens is 338 g/mol. The predicted octanol–water partition coefficient (Wildman–Crippen LogP) is 2.93. The summed E-state index contributed by atoms with van der Waals surface area (Å²) in [6.07, 6.45) is 3.09. The molecule has 1 aromatic carbocycles.